The maximum Gasteiger partial charge on any atom is 0.189 e. The second-order valence-electron chi connectivity index (χ2n) is 7.73. The molecule has 1 aliphatic carbocycles. The van der Waals surface area contributed by atoms with Gasteiger partial charge in [0.25, 0.3) is 0 Å². The van der Waals surface area contributed by atoms with Crippen molar-refractivity contribution in [1.29, 1.82) is 0 Å². The second kappa shape index (κ2) is 10.3. The van der Waals surface area contributed by atoms with Crippen molar-refractivity contribution in [2.75, 3.05) is 19.5 Å². The SMILES string of the molecule is COc1ccc(N=C(CCS[Si](C)(C)C)OCC2CCCCC2)cc1. The Bertz CT molecular complexity index is 534. The van der Waals surface area contributed by atoms with Crippen molar-refractivity contribution in [3.8, 4) is 5.75 Å². The van der Waals surface area contributed by atoms with Gasteiger partial charge in [-0.15, -0.1) is 0 Å². The highest BCUT2D eigenvalue weighted by atomic mass is 32.4. The summed E-state index contributed by atoms with van der Waals surface area (Å²) in [6, 6.07) is 7.89. The fraction of sp³-hybridized carbons (Fsp3) is 0.650. The summed E-state index contributed by atoms with van der Waals surface area (Å²) >= 11 is 2.10. The molecule has 0 amide bonds. The van der Waals surface area contributed by atoms with E-state index in [1.165, 1.54) is 32.1 Å². The van der Waals surface area contributed by atoms with Crippen LogP contribution in [0.2, 0.25) is 19.6 Å². The third-order valence-corrected chi connectivity index (χ3v) is 8.87. The number of rotatable bonds is 8. The van der Waals surface area contributed by atoms with E-state index < -0.39 is 7.22 Å². The van der Waals surface area contributed by atoms with E-state index in [4.69, 9.17) is 14.5 Å². The zero-order valence-corrected chi connectivity index (χ0v) is 18.0. The molecule has 140 valence electrons. The molecular weight excluding hydrogens is 346 g/mol. The van der Waals surface area contributed by atoms with Gasteiger partial charge in [0.1, 0.15) is 13.0 Å². The Morgan fingerprint density at radius 1 is 1.12 bits per heavy atom. The quantitative estimate of drug-likeness (QED) is 0.302. The van der Waals surface area contributed by atoms with Crippen molar-refractivity contribution in [2.24, 2.45) is 10.9 Å². The molecule has 3 nitrogen and oxygen atoms in total. The molecule has 25 heavy (non-hydrogen) atoms. The normalized spacial score (nSPS) is 16.7. The Balaban J connectivity index is 1.97. The zero-order valence-electron chi connectivity index (χ0n) is 16.2. The van der Waals surface area contributed by atoms with Crippen LogP contribution in [0.25, 0.3) is 0 Å². The summed E-state index contributed by atoms with van der Waals surface area (Å²) in [6.07, 6.45) is 7.61. The summed E-state index contributed by atoms with van der Waals surface area (Å²) < 4.78 is 11.4. The van der Waals surface area contributed by atoms with Crippen molar-refractivity contribution < 1.29 is 9.47 Å². The van der Waals surface area contributed by atoms with Gasteiger partial charge in [-0.3, -0.25) is 0 Å². The lowest BCUT2D eigenvalue weighted by atomic mass is 9.90. The van der Waals surface area contributed by atoms with Crippen molar-refractivity contribution in [2.45, 2.75) is 58.2 Å². The van der Waals surface area contributed by atoms with Gasteiger partial charge in [0, 0.05) is 6.42 Å². The van der Waals surface area contributed by atoms with Crippen LogP contribution in [0.15, 0.2) is 29.3 Å². The molecule has 0 unspecified atom stereocenters. The minimum absolute atomic E-state index is 0.708. The van der Waals surface area contributed by atoms with E-state index in [0.717, 1.165) is 36.1 Å². The number of nitrogens with zero attached hydrogens (tertiary/aromatic N) is 1. The third kappa shape index (κ3) is 8.32. The predicted molar refractivity (Wildman–Crippen MR) is 113 cm³/mol. The Kier molecular flexibility index (Phi) is 8.36. The molecule has 1 aromatic carbocycles. The molecule has 0 aromatic heterocycles. The highest BCUT2D eigenvalue weighted by molar-refractivity contribution is 8.28. The van der Waals surface area contributed by atoms with Crippen LogP contribution in [-0.4, -0.2) is 32.6 Å². The number of hydrogen-bond acceptors (Lipinski definition) is 4. The molecule has 2 rings (SSSR count). The van der Waals surface area contributed by atoms with E-state index in [1.807, 2.05) is 24.3 Å². The number of methoxy groups -OCH3 is 1. The Hall–Kier alpha value is -0.943. The molecule has 0 bridgehead atoms. The van der Waals surface area contributed by atoms with Gasteiger partial charge < -0.3 is 9.47 Å². The number of hydrogen-bond donors (Lipinski definition) is 0. The van der Waals surface area contributed by atoms with Crippen LogP contribution < -0.4 is 4.74 Å². The average Bonchev–Trinajstić information content (AvgIpc) is 2.60. The predicted octanol–water partition coefficient (Wildman–Crippen LogP) is 6.28. The molecule has 0 spiro atoms. The van der Waals surface area contributed by atoms with E-state index in [2.05, 4.69) is 30.9 Å². The minimum atomic E-state index is -1.09. The number of aliphatic imine (C=N–C) groups is 1. The molecule has 0 N–H and O–H groups in total. The van der Waals surface area contributed by atoms with E-state index >= 15 is 0 Å². The summed E-state index contributed by atoms with van der Waals surface area (Å²) in [6.45, 7) is 8.00. The summed E-state index contributed by atoms with van der Waals surface area (Å²) in [5.41, 5.74) is 0.942. The van der Waals surface area contributed by atoms with E-state index in [1.54, 1.807) is 7.11 Å². The standard InChI is InChI=1S/C20H33NO2SSi/c1-22-19-12-10-18(11-13-19)21-20(14-15-24-25(2,3)4)23-16-17-8-6-5-7-9-17/h10-13,17H,5-9,14-16H2,1-4H3. The fourth-order valence-corrected chi connectivity index (χ4v) is 6.01. The molecular formula is C20H33NO2SSi. The first-order valence-corrected chi connectivity index (χ1v) is 14.7. The van der Waals surface area contributed by atoms with Gasteiger partial charge in [-0.2, -0.15) is 11.2 Å². The number of ether oxygens (including phenoxy) is 2. The van der Waals surface area contributed by atoms with Crippen LogP contribution in [0.4, 0.5) is 5.69 Å². The van der Waals surface area contributed by atoms with Crippen molar-refractivity contribution >= 4 is 30.0 Å². The molecule has 1 aromatic rings. The van der Waals surface area contributed by atoms with Gasteiger partial charge in [0.2, 0.25) is 0 Å². The van der Waals surface area contributed by atoms with Crippen LogP contribution in [0, 0.1) is 5.92 Å². The van der Waals surface area contributed by atoms with E-state index in [-0.39, 0.29) is 0 Å². The second-order valence-corrected chi connectivity index (χ2v) is 17.2. The first kappa shape index (κ1) is 20.4. The lowest BCUT2D eigenvalue weighted by Gasteiger charge is -2.22. The van der Waals surface area contributed by atoms with Gasteiger partial charge >= 0.3 is 0 Å². The highest BCUT2D eigenvalue weighted by Crippen LogP contribution is 2.25. The summed E-state index contributed by atoms with van der Waals surface area (Å²) in [5.74, 6) is 3.55. The van der Waals surface area contributed by atoms with Gasteiger partial charge in [-0.1, -0.05) is 38.9 Å². The van der Waals surface area contributed by atoms with Crippen LogP contribution in [0.1, 0.15) is 38.5 Å². The molecule has 1 saturated carbocycles. The minimum Gasteiger partial charge on any atom is -0.497 e. The molecule has 0 aliphatic heterocycles. The van der Waals surface area contributed by atoms with Gasteiger partial charge in [-0.25, -0.2) is 4.99 Å². The maximum absolute atomic E-state index is 6.18. The van der Waals surface area contributed by atoms with Crippen molar-refractivity contribution in [1.82, 2.24) is 0 Å². The number of benzene rings is 1. The third-order valence-electron chi connectivity index (χ3n) is 4.39. The summed E-state index contributed by atoms with van der Waals surface area (Å²) in [4.78, 5) is 4.78. The lowest BCUT2D eigenvalue weighted by Crippen LogP contribution is -2.19. The Morgan fingerprint density at radius 3 is 2.40 bits per heavy atom. The Morgan fingerprint density at radius 2 is 1.80 bits per heavy atom. The van der Waals surface area contributed by atoms with Crippen LogP contribution in [0.5, 0.6) is 5.75 Å². The highest BCUT2D eigenvalue weighted by Gasteiger charge is 2.17. The molecule has 1 aliphatic rings. The Labute approximate surface area is 158 Å². The first-order valence-electron chi connectivity index (χ1n) is 9.44. The maximum atomic E-state index is 6.18. The van der Waals surface area contributed by atoms with Gasteiger partial charge in [0.05, 0.1) is 19.4 Å². The van der Waals surface area contributed by atoms with Crippen LogP contribution in [0.3, 0.4) is 0 Å². The van der Waals surface area contributed by atoms with Crippen molar-refractivity contribution in [3.63, 3.8) is 0 Å². The average molecular weight is 380 g/mol. The smallest absolute Gasteiger partial charge is 0.189 e. The van der Waals surface area contributed by atoms with E-state index in [9.17, 15) is 0 Å². The zero-order chi connectivity index (χ0) is 18.1. The van der Waals surface area contributed by atoms with Gasteiger partial charge in [-0.05, 0) is 48.8 Å². The van der Waals surface area contributed by atoms with E-state index in [0.29, 0.717) is 5.92 Å². The van der Waals surface area contributed by atoms with Crippen molar-refractivity contribution in [3.05, 3.63) is 24.3 Å². The fourth-order valence-electron chi connectivity index (χ4n) is 2.97. The lowest BCUT2D eigenvalue weighted by molar-refractivity contribution is 0.196. The topological polar surface area (TPSA) is 30.8 Å². The van der Waals surface area contributed by atoms with Crippen LogP contribution in [-0.2, 0) is 4.74 Å². The van der Waals surface area contributed by atoms with Crippen LogP contribution >= 0.6 is 11.2 Å². The first-order chi connectivity index (χ1) is 12.0. The van der Waals surface area contributed by atoms with Gasteiger partial charge in [0.15, 0.2) is 5.90 Å². The monoisotopic (exact) mass is 379 g/mol. The summed E-state index contributed by atoms with van der Waals surface area (Å²) in [5, 5.41) is 0. The molecule has 0 saturated heterocycles. The molecule has 0 radical (unpaired) electrons. The molecule has 0 heterocycles. The molecule has 1 fully saturated rings. The summed E-state index contributed by atoms with van der Waals surface area (Å²) in [7, 11) is 0.591. The molecule has 0 atom stereocenters. The molecule has 5 heteroatoms. The largest absolute Gasteiger partial charge is 0.497 e.